The summed E-state index contributed by atoms with van der Waals surface area (Å²) in [4.78, 5) is 1.54. The molecular formula is C17H19NO2S2. The topological polar surface area (TPSA) is 46.2 Å². The van der Waals surface area contributed by atoms with Crippen molar-refractivity contribution in [3.8, 4) is 0 Å². The van der Waals surface area contributed by atoms with Gasteiger partial charge in [0, 0.05) is 10.9 Å². The highest BCUT2D eigenvalue weighted by atomic mass is 32.2. The van der Waals surface area contributed by atoms with Gasteiger partial charge >= 0.3 is 0 Å². The molecule has 0 spiro atoms. The van der Waals surface area contributed by atoms with E-state index in [4.69, 9.17) is 0 Å². The minimum Gasteiger partial charge on any atom is -0.207 e. The van der Waals surface area contributed by atoms with E-state index in [2.05, 4.69) is 10.8 Å². The van der Waals surface area contributed by atoms with Crippen LogP contribution < -0.4 is 4.72 Å². The summed E-state index contributed by atoms with van der Waals surface area (Å²) < 4.78 is 28.3. The summed E-state index contributed by atoms with van der Waals surface area (Å²) in [6.45, 7) is 3.80. The molecule has 0 radical (unpaired) electrons. The monoisotopic (exact) mass is 333 g/mol. The van der Waals surface area contributed by atoms with Gasteiger partial charge < -0.3 is 0 Å². The zero-order chi connectivity index (χ0) is 15.7. The SMILES string of the molecule is Cc1ccc(S(=O)(=O)N[C@@H]2CCSc3ccccc32)c(C)c1. The van der Waals surface area contributed by atoms with Crippen molar-refractivity contribution in [3.63, 3.8) is 0 Å². The Morgan fingerprint density at radius 2 is 1.91 bits per heavy atom. The van der Waals surface area contributed by atoms with E-state index in [-0.39, 0.29) is 6.04 Å². The van der Waals surface area contributed by atoms with Crippen LogP contribution in [0.4, 0.5) is 0 Å². The number of rotatable bonds is 3. The van der Waals surface area contributed by atoms with E-state index < -0.39 is 10.0 Å². The summed E-state index contributed by atoms with van der Waals surface area (Å²) in [5.74, 6) is 0.928. The van der Waals surface area contributed by atoms with Crippen molar-refractivity contribution in [1.82, 2.24) is 4.72 Å². The van der Waals surface area contributed by atoms with E-state index in [1.165, 1.54) is 4.90 Å². The molecule has 0 saturated heterocycles. The predicted octanol–water partition coefficient (Wildman–Crippen LogP) is 3.82. The van der Waals surface area contributed by atoms with Crippen LogP contribution >= 0.6 is 11.8 Å². The van der Waals surface area contributed by atoms with Crippen LogP contribution in [-0.4, -0.2) is 14.2 Å². The lowest BCUT2D eigenvalue weighted by Crippen LogP contribution is -2.31. The minimum absolute atomic E-state index is 0.150. The highest BCUT2D eigenvalue weighted by Crippen LogP contribution is 2.36. The van der Waals surface area contributed by atoms with Crippen molar-refractivity contribution in [1.29, 1.82) is 0 Å². The third-order valence-electron chi connectivity index (χ3n) is 3.88. The molecule has 0 fully saturated rings. The number of hydrogen-bond acceptors (Lipinski definition) is 3. The summed E-state index contributed by atoms with van der Waals surface area (Å²) in [7, 11) is -3.51. The molecule has 0 bridgehead atoms. The largest absolute Gasteiger partial charge is 0.241 e. The second kappa shape index (κ2) is 6.07. The molecule has 0 saturated carbocycles. The van der Waals surface area contributed by atoms with E-state index >= 15 is 0 Å². The third-order valence-corrected chi connectivity index (χ3v) is 6.63. The molecule has 0 amide bonds. The lowest BCUT2D eigenvalue weighted by atomic mass is 10.1. The van der Waals surface area contributed by atoms with Gasteiger partial charge in [-0.3, -0.25) is 0 Å². The summed E-state index contributed by atoms with van der Waals surface area (Å²) in [6, 6.07) is 13.3. The molecule has 1 aliphatic rings. The molecule has 0 aromatic heterocycles. The van der Waals surface area contributed by atoms with E-state index in [9.17, 15) is 8.42 Å². The fraction of sp³-hybridized carbons (Fsp3) is 0.294. The molecule has 0 unspecified atom stereocenters. The molecule has 22 heavy (non-hydrogen) atoms. The summed E-state index contributed by atoms with van der Waals surface area (Å²) in [5.41, 5.74) is 2.92. The van der Waals surface area contributed by atoms with E-state index in [1.54, 1.807) is 17.8 Å². The van der Waals surface area contributed by atoms with Crippen LogP contribution in [0.1, 0.15) is 29.2 Å². The maximum absolute atomic E-state index is 12.7. The van der Waals surface area contributed by atoms with Crippen LogP contribution in [0, 0.1) is 13.8 Å². The number of fused-ring (bicyclic) bond motifs is 1. The molecule has 2 aromatic carbocycles. The molecular weight excluding hydrogens is 314 g/mol. The van der Waals surface area contributed by atoms with E-state index in [1.807, 2.05) is 44.2 Å². The molecule has 1 atom stereocenters. The Morgan fingerprint density at radius 1 is 1.14 bits per heavy atom. The van der Waals surface area contributed by atoms with Crippen molar-refractivity contribution >= 4 is 21.8 Å². The van der Waals surface area contributed by atoms with Crippen molar-refractivity contribution in [2.75, 3.05) is 5.75 Å². The van der Waals surface area contributed by atoms with Crippen molar-refractivity contribution in [3.05, 3.63) is 59.2 Å². The summed E-state index contributed by atoms with van der Waals surface area (Å²) in [6.07, 6.45) is 0.811. The Balaban J connectivity index is 1.93. The van der Waals surface area contributed by atoms with Gasteiger partial charge in [-0.2, -0.15) is 0 Å². The van der Waals surface area contributed by atoms with Gasteiger partial charge in [0.15, 0.2) is 0 Å². The van der Waals surface area contributed by atoms with Gasteiger partial charge in [-0.1, -0.05) is 35.9 Å². The normalized spacial score (nSPS) is 18.0. The molecule has 5 heteroatoms. The Kier molecular flexibility index (Phi) is 4.30. The van der Waals surface area contributed by atoms with Crippen molar-refractivity contribution in [2.45, 2.75) is 36.1 Å². The fourth-order valence-electron chi connectivity index (χ4n) is 2.82. The fourth-order valence-corrected chi connectivity index (χ4v) is 5.42. The lowest BCUT2D eigenvalue weighted by Gasteiger charge is -2.26. The molecule has 1 N–H and O–H groups in total. The van der Waals surface area contributed by atoms with Crippen LogP contribution in [0.15, 0.2) is 52.3 Å². The smallest absolute Gasteiger partial charge is 0.207 e. The minimum atomic E-state index is -3.51. The Bertz CT molecular complexity index is 800. The lowest BCUT2D eigenvalue weighted by molar-refractivity contribution is 0.545. The van der Waals surface area contributed by atoms with Crippen LogP contribution in [0.3, 0.4) is 0 Å². The molecule has 1 aliphatic heterocycles. The Morgan fingerprint density at radius 3 is 2.68 bits per heavy atom. The van der Waals surface area contributed by atoms with Gasteiger partial charge in [0.05, 0.1) is 4.90 Å². The number of thioether (sulfide) groups is 1. The standard InChI is InChI=1S/C17H19NO2S2/c1-12-7-8-17(13(2)11-12)22(19,20)18-15-9-10-21-16-6-4-3-5-14(15)16/h3-8,11,15,18H,9-10H2,1-2H3/t15-/m1/s1. The highest BCUT2D eigenvalue weighted by Gasteiger charge is 2.26. The second-order valence-electron chi connectivity index (χ2n) is 5.62. The predicted molar refractivity (Wildman–Crippen MR) is 90.8 cm³/mol. The zero-order valence-corrected chi connectivity index (χ0v) is 14.3. The van der Waals surface area contributed by atoms with Gasteiger partial charge in [-0.25, -0.2) is 13.1 Å². The average Bonchev–Trinajstić information content (AvgIpc) is 2.47. The number of hydrogen-bond donors (Lipinski definition) is 1. The van der Waals surface area contributed by atoms with Crippen molar-refractivity contribution < 1.29 is 8.42 Å². The number of aryl methyl sites for hydroxylation is 2. The van der Waals surface area contributed by atoms with Crippen LogP contribution in [-0.2, 0) is 10.0 Å². The van der Waals surface area contributed by atoms with E-state index in [0.717, 1.165) is 28.9 Å². The third kappa shape index (κ3) is 3.07. The first-order valence-corrected chi connectivity index (χ1v) is 9.75. The maximum atomic E-state index is 12.7. The molecule has 3 rings (SSSR count). The van der Waals surface area contributed by atoms with Gasteiger partial charge in [0.1, 0.15) is 0 Å². The first-order valence-electron chi connectivity index (χ1n) is 7.29. The molecule has 0 aliphatic carbocycles. The highest BCUT2D eigenvalue weighted by molar-refractivity contribution is 7.99. The van der Waals surface area contributed by atoms with Crippen LogP contribution in [0.2, 0.25) is 0 Å². The van der Waals surface area contributed by atoms with E-state index in [0.29, 0.717) is 4.90 Å². The number of sulfonamides is 1. The van der Waals surface area contributed by atoms with Crippen LogP contribution in [0.5, 0.6) is 0 Å². The summed E-state index contributed by atoms with van der Waals surface area (Å²) in [5, 5.41) is 0. The Hall–Kier alpha value is -1.30. The first-order chi connectivity index (χ1) is 10.5. The maximum Gasteiger partial charge on any atom is 0.241 e. The summed E-state index contributed by atoms with van der Waals surface area (Å²) >= 11 is 1.78. The average molecular weight is 333 g/mol. The van der Waals surface area contributed by atoms with Gasteiger partial charge in [-0.05, 0) is 49.3 Å². The van der Waals surface area contributed by atoms with Gasteiger partial charge in [-0.15, -0.1) is 11.8 Å². The molecule has 1 heterocycles. The number of nitrogens with one attached hydrogen (secondary N) is 1. The second-order valence-corrected chi connectivity index (χ2v) is 8.44. The first kappa shape index (κ1) is 15.6. The Labute approximate surface area is 136 Å². The van der Waals surface area contributed by atoms with Crippen molar-refractivity contribution in [2.24, 2.45) is 0 Å². The zero-order valence-electron chi connectivity index (χ0n) is 12.7. The molecule has 116 valence electrons. The molecule has 2 aromatic rings. The molecule has 3 nitrogen and oxygen atoms in total. The quantitative estimate of drug-likeness (QED) is 0.929. The van der Waals surface area contributed by atoms with Crippen LogP contribution in [0.25, 0.3) is 0 Å². The number of benzene rings is 2. The van der Waals surface area contributed by atoms with Gasteiger partial charge in [0.25, 0.3) is 0 Å². The van der Waals surface area contributed by atoms with Gasteiger partial charge in [0.2, 0.25) is 10.0 Å².